The van der Waals surface area contributed by atoms with Crippen molar-refractivity contribution in [1.29, 1.82) is 0 Å². The van der Waals surface area contributed by atoms with Crippen molar-refractivity contribution in [2.24, 2.45) is 5.92 Å². The van der Waals surface area contributed by atoms with Gasteiger partial charge in [0.1, 0.15) is 12.2 Å². The van der Waals surface area contributed by atoms with E-state index in [1.165, 1.54) is 7.11 Å². The molecule has 0 aliphatic rings. The Kier molecular flexibility index (Phi) is 13.3. The molecule has 218 valence electrons. The van der Waals surface area contributed by atoms with Crippen molar-refractivity contribution in [3.8, 4) is 0 Å². The molecule has 2 aromatic rings. The van der Waals surface area contributed by atoms with E-state index in [-0.39, 0.29) is 43.1 Å². The minimum Gasteiger partial charge on any atom is -0.444 e. The second kappa shape index (κ2) is 16.4. The Morgan fingerprint density at radius 1 is 0.900 bits per heavy atom. The molecule has 0 saturated heterocycles. The minimum atomic E-state index is -0.611. The molecule has 0 bridgehead atoms. The van der Waals surface area contributed by atoms with Crippen molar-refractivity contribution in [3.63, 3.8) is 0 Å². The van der Waals surface area contributed by atoms with Crippen LogP contribution < -0.4 is 16.0 Å². The Labute approximate surface area is 237 Å². The summed E-state index contributed by atoms with van der Waals surface area (Å²) in [7, 11) is 1.46. The Morgan fingerprint density at radius 2 is 1.60 bits per heavy atom. The molecule has 40 heavy (non-hydrogen) atoms. The van der Waals surface area contributed by atoms with E-state index < -0.39 is 17.7 Å². The molecule has 2 rings (SSSR count). The number of carbonyl (C=O) groups excluding carboxylic acids is 4. The van der Waals surface area contributed by atoms with E-state index >= 15 is 0 Å². The van der Waals surface area contributed by atoms with Crippen LogP contribution >= 0.6 is 0 Å². The van der Waals surface area contributed by atoms with E-state index in [1.807, 2.05) is 43.3 Å². The SMILES string of the molecule is COCC(=O)C(CCc1ccccc1)NC(=O)CCC(C)CNC(=O)c1cccc(CNC(=O)OC(C)(C)C)c1. The second-order valence-corrected chi connectivity index (χ2v) is 11.0. The van der Waals surface area contributed by atoms with E-state index in [2.05, 4.69) is 16.0 Å². The van der Waals surface area contributed by atoms with Gasteiger partial charge in [0.15, 0.2) is 5.78 Å². The van der Waals surface area contributed by atoms with E-state index in [1.54, 1.807) is 39.0 Å². The Hall–Kier alpha value is -3.72. The van der Waals surface area contributed by atoms with Crippen molar-refractivity contribution in [2.75, 3.05) is 20.3 Å². The predicted molar refractivity (Wildman–Crippen MR) is 154 cm³/mol. The summed E-state index contributed by atoms with van der Waals surface area (Å²) in [5.74, 6) is -0.549. The number of benzene rings is 2. The first kappa shape index (κ1) is 32.5. The van der Waals surface area contributed by atoms with Crippen LogP contribution in [0.4, 0.5) is 4.79 Å². The third kappa shape index (κ3) is 12.9. The number of amides is 3. The smallest absolute Gasteiger partial charge is 0.407 e. The fourth-order valence-electron chi connectivity index (χ4n) is 3.94. The number of nitrogens with one attached hydrogen (secondary N) is 3. The zero-order chi connectivity index (χ0) is 29.5. The predicted octanol–water partition coefficient (Wildman–Crippen LogP) is 4.19. The molecule has 3 N–H and O–H groups in total. The molecule has 0 aromatic heterocycles. The molecule has 2 aromatic carbocycles. The lowest BCUT2D eigenvalue weighted by Crippen LogP contribution is -2.43. The zero-order valence-corrected chi connectivity index (χ0v) is 24.3. The number of aryl methyl sites for hydroxylation is 1. The standard InChI is InChI=1S/C31H43N3O6/c1-22(14-17-28(36)34-26(27(35)21-39-5)16-15-23-10-7-6-8-11-23)19-32-29(37)25-13-9-12-24(18-25)20-33-30(38)40-31(2,3)4/h6-13,18,22,26H,14-17,19-21H2,1-5H3,(H,32,37)(H,33,38)(H,34,36). The van der Waals surface area contributed by atoms with E-state index in [0.717, 1.165) is 11.1 Å². The van der Waals surface area contributed by atoms with Crippen molar-refractivity contribution >= 4 is 23.7 Å². The van der Waals surface area contributed by atoms with Crippen LogP contribution in [0, 0.1) is 5.92 Å². The minimum absolute atomic E-state index is 0.0455. The number of alkyl carbamates (subject to hydrolysis) is 1. The first-order chi connectivity index (χ1) is 19.0. The maximum Gasteiger partial charge on any atom is 0.407 e. The average molecular weight is 554 g/mol. The van der Waals surface area contributed by atoms with Gasteiger partial charge in [-0.1, -0.05) is 49.4 Å². The summed E-state index contributed by atoms with van der Waals surface area (Å²) >= 11 is 0. The summed E-state index contributed by atoms with van der Waals surface area (Å²) in [6.07, 6.45) is 1.43. The quantitative estimate of drug-likeness (QED) is 0.304. The molecule has 0 saturated carbocycles. The maximum atomic E-state index is 12.7. The molecular formula is C31H43N3O6. The number of Topliss-reactive ketones (excluding diaryl/α,β-unsaturated/α-hetero) is 1. The fourth-order valence-corrected chi connectivity index (χ4v) is 3.94. The highest BCUT2D eigenvalue weighted by Crippen LogP contribution is 2.11. The first-order valence-electron chi connectivity index (χ1n) is 13.7. The summed E-state index contributed by atoms with van der Waals surface area (Å²) in [5.41, 5.74) is 1.76. The molecule has 0 radical (unpaired) electrons. The van der Waals surface area contributed by atoms with E-state index in [9.17, 15) is 19.2 Å². The van der Waals surface area contributed by atoms with Crippen LogP contribution in [0.15, 0.2) is 54.6 Å². The highest BCUT2D eigenvalue weighted by atomic mass is 16.6. The van der Waals surface area contributed by atoms with Crippen molar-refractivity contribution in [1.82, 2.24) is 16.0 Å². The number of methoxy groups -OCH3 is 1. The third-order valence-electron chi connectivity index (χ3n) is 6.08. The van der Waals surface area contributed by atoms with Gasteiger partial charge < -0.3 is 25.4 Å². The van der Waals surface area contributed by atoms with Gasteiger partial charge in [-0.05, 0) is 69.2 Å². The van der Waals surface area contributed by atoms with Crippen molar-refractivity contribution in [3.05, 3.63) is 71.3 Å². The second-order valence-electron chi connectivity index (χ2n) is 11.0. The summed E-state index contributed by atoms with van der Waals surface area (Å²) < 4.78 is 10.2. The van der Waals surface area contributed by atoms with E-state index in [4.69, 9.17) is 9.47 Å². The number of carbonyl (C=O) groups is 4. The van der Waals surface area contributed by atoms with Gasteiger partial charge in [-0.3, -0.25) is 14.4 Å². The zero-order valence-electron chi connectivity index (χ0n) is 24.3. The molecule has 0 fully saturated rings. The van der Waals surface area contributed by atoms with Crippen LogP contribution in [0.25, 0.3) is 0 Å². The van der Waals surface area contributed by atoms with Crippen LogP contribution in [-0.2, 0) is 32.0 Å². The average Bonchev–Trinajstić information content (AvgIpc) is 2.91. The number of ether oxygens (including phenoxy) is 2. The van der Waals surface area contributed by atoms with Crippen molar-refractivity contribution in [2.45, 2.75) is 71.6 Å². The van der Waals surface area contributed by atoms with Crippen LogP contribution in [-0.4, -0.2) is 55.6 Å². The van der Waals surface area contributed by atoms with Gasteiger partial charge in [-0.15, -0.1) is 0 Å². The van der Waals surface area contributed by atoms with Crippen LogP contribution in [0.2, 0.25) is 0 Å². The summed E-state index contributed by atoms with van der Waals surface area (Å²) in [4.78, 5) is 49.7. The lowest BCUT2D eigenvalue weighted by molar-refractivity contribution is -0.130. The Morgan fingerprint density at radius 3 is 2.27 bits per heavy atom. The largest absolute Gasteiger partial charge is 0.444 e. The number of rotatable bonds is 15. The van der Waals surface area contributed by atoms with Crippen molar-refractivity contribution < 1.29 is 28.7 Å². The molecule has 0 aliphatic heterocycles. The normalized spacial score (nSPS) is 12.6. The fraction of sp³-hybridized carbons (Fsp3) is 0.484. The highest BCUT2D eigenvalue weighted by molar-refractivity contribution is 5.94. The maximum absolute atomic E-state index is 12.7. The van der Waals surface area contributed by atoms with Gasteiger partial charge in [0.2, 0.25) is 5.91 Å². The molecule has 3 amide bonds. The lowest BCUT2D eigenvalue weighted by Gasteiger charge is -2.19. The summed E-state index contributed by atoms with van der Waals surface area (Å²) in [6.45, 7) is 7.90. The Bertz CT molecular complexity index is 1110. The van der Waals surface area contributed by atoms with E-state index in [0.29, 0.717) is 31.4 Å². The van der Waals surface area contributed by atoms with Crippen LogP contribution in [0.5, 0.6) is 0 Å². The highest BCUT2D eigenvalue weighted by Gasteiger charge is 2.21. The lowest BCUT2D eigenvalue weighted by atomic mass is 10.0. The third-order valence-corrected chi connectivity index (χ3v) is 6.08. The molecule has 9 heteroatoms. The molecular weight excluding hydrogens is 510 g/mol. The van der Waals surface area contributed by atoms with Gasteiger partial charge in [-0.25, -0.2) is 4.79 Å². The Balaban J connectivity index is 1.78. The molecule has 0 aliphatic carbocycles. The number of ketones is 1. The van der Waals surface area contributed by atoms with Crippen LogP contribution in [0.1, 0.15) is 68.4 Å². The van der Waals surface area contributed by atoms with Gasteiger partial charge in [0.05, 0.1) is 6.04 Å². The number of hydrogen-bond donors (Lipinski definition) is 3. The van der Waals surface area contributed by atoms with Gasteiger partial charge in [0, 0.05) is 32.2 Å². The monoisotopic (exact) mass is 553 g/mol. The molecule has 0 spiro atoms. The summed E-state index contributed by atoms with van der Waals surface area (Å²) in [5, 5.41) is 8.45. The van der Waals surface area contributed by atoms with Gasteiger partial charge in [0.25, 0.3) is 5.91 Å². The molecule has 0 heterocycles. The summed E-state index contributed by atoms with van der Waals surface area (Å²) in [6, 6.07) is 16.2. The molecule has 2 unspecified atom stereocenters. The molecule has 9 nitrogen and oxygen atoms in total. The molecule has 2 atom stereocenters. The number of hydrogen-bond acceptors (Lipinski definition) is 6. The van der Waals surface area contributed by atoms with Crippen LogP contribution in [0.3, 0.4) is 0 Å². The first-order valence-corrected chi connectivity index (χ1v) is 13.7. The van der Waals surface area contributed by atoms with Gasteiger partial charge >= 0.3 is 6.09 Å². The topological polar surface area (TPSA) is 123 Å². The van der Waals surface area contributed by atoms with Gasteiger partial charge in [-0.2, -0.15) is 0 Å².